The fourth-order valence-corrected chi connectivity index (χ4v) is 3.33. The second-order valence-electron chi connectivity index (χ2n) is 5.44. The average Bonchev–Trinajstić information content (AvgIpc) is 2.25. The fourth-order valence-electron chi connectivity index (χ4n) is 3.33. The zero-order valence-corrected chi connectivity index (χ0v) is 11.1. The third kappa shape index (κ3) is 2.41. The first kappa shape index (κ1) is 12.3. The van der Waals surface area contributed by atoms with Gasteiger partial charge < -0.3 is 5.32 Å². The number of likely N-dealkylation sites (N-methyl/N-ethyl adjacent to an activating group) is 1. The van der Waals surface area contributed by atoms with Gasteiger partial charge in [0.25, 0.3) is 0 Å². The highest BCUT2D eigenvalue weighted by atomic mass is 15.3. The zero-order chi connectivity index (χ0) is 11.5. The van der Waals surface area contributed by atoms with Crippen LogP contribution >= 0.6 is 0 Å². The van der Waals surface area contributed by atoms with Crippen LogP contribution in [0.3, 0.4) is 0 Å². The molecule has 3 nitrogen and oxygen atoms in total. The third-order valence-electron chi connectivity index (χ3n) is 4.52. The highest BCUT2D eigenvalue weighted by molar-refractivity contribution is 4.93. The van der Waals surface area contributed by atoms with Crippen molar-refractivity contribution >= 4 is 0 Å². The first-order valence-corrected chi connectivity index (χ1v) is 6.89. The normalized spacial score (nSPS) is 37.3. The first-order chi connectivity index (χ1) is 7.76. The Balaban J connectivity index is 1.83. The molecular formula is C13H27N3. The van der Waals surface area contributed by atoms with Crippen molar-refractivity contribution in [2.45, 2.75) is 38.8 Å². The van der Waals surface area contributed by atoms with Crippen LogP contribution in [0.5, 0.6) is 0 Å². The maximum absolute atomic E-state index is 3.33. The molecule has 94 valence electrons. The highest BCUT2D eigenvalue weighted by Crippen LogP contribution is 2.32. The number of piperazine rings is 1. The molecule has 1 saturated heterocycles. The standard InChI is InChI=1S/C13H27N3/c1-4-15-7-8-16(10-11(15)2)13-6-5-12(13)9-14-3/h11-14H,4-10H2,1-3H3. The van der Waals surface area contributed by atoms with Crippen LogP contribution in [-0.2, 0) is 0 Å². The van der Waals surface area contributed by atoms with Crippen molar-refractivity contribution in [1.82, 2.24) is 15.1 Å². The molecule has 0 bridgehead atoms. The summed E-state index contributed by atoms with van der Waals surface area (Å²) in [5, 5.41) is 3.33. The molecule has 16 heavy (non-hydrogen) atoms. The molecular weight excluding hydrogens is 198 g/mol. The fraction of sp³-hybridized carbons (Fsp3) is 1.00. The van der Waals surface area contributed by atoms with E-state index in [2.05, 4.69) is 36.0 Å². The van der Waals surface area contributed by atoms with E-state index in [4.69, 9.17) is 0 Å². The minimum absolute atomic E-state index is 0.745. The topological polar surface area (TPSA) is 18.5 Å². The molecule has 1 saturated carbocycles. The summed E-state index contributed by atoms with van der Waals surface area (Å²) in [6.07, 6.45) is 2.85. The van der Waals surface area contributed by atoms with Gasteiger partial charge in [0.15, 0.2) is 0 Å². The van der Waals surface area contributed by atoms with Gasteiger partial charge in [0.2, 0.25) is 0 Å². The number of nitrogens with zero attached hydrogens (tertiary/aromatic N) is 2. The van der Waals surface area contributed by atoms with E-state index < -0.39 is 0 Å². The van der Waals surface area contributed by atoms with E-state index in [1.165, 1.54) is 45.6 Å². The molecule has 3 unspecified atom stereocenters. The Morgan fingerprint density at radius 1 is 1.25 bits per heavy atom. The number of hydrogen-bond donors (Lipinski definition) is 1. The van der Waals surface area contributed by atoms with Crippen molar-refractivity contribution in [2.75, 3.05) is 39.8 Å². The van der Waals surface area contributed by atoms with Gasteiger partial charge in [0.05, 0.1) is 0 Å². The average molecular weight is 225 g/mol. The molecule has 0 aromatic rings. The van der Waals surface area contributed by atoms with Gasteiger partial charge in [0.1, 0.15) is 0 Å². The molecule has 0 radical (unpaired) electrons. The Kier molecular flexibility index (Phi) is 4.22. The van der Waals surface area contributed by atoms with E-state index in [0.29, 0.717) is 0 Å². The van der Waals surface area contributed by atoms with Crippen LogP contribution in [0.2, 0.25) is 0 Å². The summed E-state index contributed by atoms with van der Waals surface area (Å²) in [6.45, 7) is 10.9. The van der Waals surface area contributed by atoms with Crippen molar-refractivity contribution in [3.05, 3.63) is 0 Å². The molecule has 3 atom stereocenters. The summed E-state index contributed by atoms with van der Waals surface area (Å²) in [5.41, 5.74) is 0. The second kappa shape index (κ2) is 5.48. The number of rotatable bonds is 4. The maximum Gasteiger partial charge on any atom is 0.0195 e. The third-order valence-corrected chi connectivity index (χ3v) is 4.52. The molecule has 0 amide bonds. The lowest BCUT2D eigenvalue weighted by molar-refractivity contribution is 0.000571. The van der Waals surface area contributed by atoms with E-state index in [1.54, 1.807) is 0 Å². The summed E-state index contributed by atoms with van der Waals surface area (Å²) in [7, 11) is 2.08. The quantitative estimate of drug-likeness (QED) is 0.770. The molecule has 0 aromatic carbocycles. The number of hydrogen-bond acceptors (Lipinski definition) is 3. The van der Waals surface area contributed by atoms with Gasteiger partial charge in [-0.2, -0.15) is 0 Å². The minimum Gasteiger partial charge on any atom is -0.319 e. The molecule has 1 aliphatic heterocycles. The molecule has 2 rings (SSSR count). The molecule has 2 aliphatic rings. The second-order valence-corrected chi connectivity index (χ2v) is 5.44. The van der Waals surface area contributed by atoms with Gasteiger partial charge in [-0.25, -0.2) is 0 Å². The summed E-state index contributed by atoms with van der Waals surface area (Å²) in [6, 6.07) is 1.61. The van der Waals surface area contributed by atoms with Crippen LogP contribution in [-0.4, -0.2) is 61.7 Å². The summed E-state index contributed by atoms with van der Waals surface area (Å²) >= 11 is 0. The first-order valence-electron chi connectivity index (χ1n) is 6.89. The van der Waals surface area contributed by atoms with Crippen LogP contribution in [0, 0.1) is 5.92 Å². The van der Waals surface area contributed by atoms with Gasteiger partial charge in [0, 0.05) is 31.7 Å². The van der Waals surface area contributed by atoms with Crippen molar-refractivity contribution in [3.8, 4) is 0 Å². The molecule has 1 N–H and O–H groups in total. The van der Waals surface area contributed by atoms with Crippen LogP contribution < -0.4 is 5.32 Å². The summed E-state index contributed by atoms with van der Waals surface area (Å²) < 4.78 is 0. The van der Waals surface area contributed by atoms with E-state index in [9.17, 15) is 0 Å². The van der Waals surface area contributed by atoms with Crippen LogP contribution in [0.25, 0.3) is 0 Å². The van der Waals surface area contributed by atoms with Gasteiger partial charge >= 0.3 is 0 Å². The van der Waals surface area contributed by atoms with Crippen molar-refractivity contribution in [1.29, 1.82) is 0 Å². The van der Waals surface area contributed by atoms with E-state index in [0.717, 1.165) is 18.0 Å². The lowest BCUT2D eigenvalue weighted by Gasteiger charge is -2.49. The van der Waals surface area contributed by atoms with Crippen LogP contribution in [0.15, 0.2) is 0 Å². The minimum atomic E-state index is 0.745. The smallest absolute Gasteiger partial charge is 0.0195 e. The maximum atomic E-state index is 3.33. The lowest BCUT2D eigenvalue weighted by atomic mass is 9.78. The zero-order valence-electron chi connectivity index (χ0n) is 11.1. The molecule has 2 fully saturated rings. The monoisotopic (exact) mass is 225 g/mol. The Hall–Kier alpha value is -0.120. The molecule has 0 spiro atoms. The van der Waals surface area contributed by atoms with Crippen molar-refractivity contribution in [3.63, 3.8) is 0 Å². The predicted octanol–water partition coefficient (Wildman–Crippen LogP) is 1.01. The highest BCUT2D eigenvalue weighted by Gasteiger charge is 2.37. The summed E-state index contributed by atoms with van der Waals surface area (Å²) in [4.78, 5) is 5.34. The Morgan fingerprint density at radius 3 is 2.56 bits per heavy atom. The van der Waals surface area contributed by atoms with Gasteiger partial charge in [-0.05, 0) is 45.8 Å². The van der Waals surface area contributed by atoms with Gasteiger partial charge in [-0.1, -0.05) is 6.92 Å². The van der Waals surface area contributed by atoms with E-state index >= 15 is 0 Å². The van der Waals surface area contributed by atoms with Crippen molar-refractivity contribution < 1.29 is 0 Å². The Morgan fingerprint density at radius 2 is 2.06 bits per heavy atom. The van der Waals surface area contributed by atoms with Crippen LogP contribution in [0.4, 0.5) is 0 Å². The van der Waals surface area contributed by atoms with Gasteiger partial charge in [-0.15, -0.1) is 0 Å². The SMILES string of the molecule is CCN1CCN(C2CCC2CNC)CC1C. The lowest BCUT2D eigenvalue weighted by Crippen LogP contribution is -2.59. The van der Waals surface area contributed by atoms with Crippen LogP contribution in [0.1, 0.15) is 26.7 Å². The largest absolute Gasteiger partial charge is 0.319 e. The van der Waals surface area contributed by atoms with E-state index in [-0.39, 0.29) is 0 Å². The molecule has 1 aliphatic carbocycles. The van der Waals surface area contributed by atoms with Gasteiger partial charge in [-0.3, -0.25) is 9.80 Å². The predicted molar refractivity (Wildman–Crippen MR) is 68.7 cm³/mol. The van der Waals surface area contributed by atoms with E-state index in [1.807, 2.05) is 0 Å². The summed E-state index contributed by atoms with van der Waals surface area (Å²) in [5.74, 6) is 0.908. The molecule has 3 heteroatoms. The van der Waals surface area contributed by atoms with Crippen molar-refractivity contribution in [2.24, 2.45) is 5.92 Å². The molecule has 0 aromatic heterocycles. The molecule has 1 heterocycles. The Bertz CT molecular complexity index is 219. The Labute approximate surface area is 100 Å². The number of nitrogens with one attached hydrogen (secondary N) is 1.